The molecule has 0 radical (unpaired) electrons. The minimum atomic E-state index is -4.72. The fourth-order valence-corrected chi connectivity index (χ4v) is 7.10. The summed E-state index contributed by atoms with van der Waals surface area (Å²) >= 11 is 0. The molecule has 3 atom stereocenters. The van der Waals surface area contributed by atoms with Crippen molar-refractivity contribution in [2.24, 2.45) is 5.73 Å². The van der Waals surface area contributed by atoms with E-state index in [4.69, 9.17) is 24.8 Å². The summed E-state index contributed by atoms with van der Waals surface area (Å²) in [4.78, 5) is 46.0. The Bertz CT molecular complexity index is 1070. The number of allylic oxidation sites excluding steroid dienone is 4. The third-order valence-electron chi connectivity index (χ3n) is 9.95. The molecule has 0 aromatic rings. The van der Waals surface area contributed by atoms with Gasteiger partial charge in [-0.3, -0.25) is 23.4 Å². The largest absolute Gasteiger partial charge is 0.480 e. The van der Waals surface area contributed by atoms with Crippen LogP contribution in [0.1, 0.15) is 213 Å². The second kappa shape index (κ2) is 40.7. The lowest BCUT2D eigenvalue weighted by Crippen LogP contribution is -2.34. The summed E-state index contributed by atoms with van der Waals surface area (Å²) in [5.74, 6) is -2.39. The minimum Gasteiger partial charge on any atom is -0.480 e. The number of hydrogen-bond donors (Lipinski definition) is 3. The van der Waals surface area contributed by atoms with Crippen LogP contribution < -0.4 is 5.73 Å². The highest BCUT2D eigenvalue weighted by atomic mass is 31.2. The number of carbonyl (C=O) groups excluding carboxylic acids is 2. The van der Waals surface area contributed by atoms with Crippen LogP contribution in [0.15, 0.2) is 24.3 Å². The fourth-order valence-electron chi connectivity index (χ4n) is 6.32. The predicted molar refractivity (Wildman–Crippen MR) is 231 cm³/mol. The number of ether oxygens (including phenoxy) is 2. The number of aliphatic carboxylic acids is 1. The molecule has 0 spiro atoms. The van der Waals surface area contributed by atoms with Gasteiger partial charge in [0.25, 0.3) is 0 Å². The first-order chi connectivity index (χ1) is 27.6. The Labute approximate surface area is 347 Å². The number of rotatable bonds is 43. The Morgan fingerprint density at radius 3 is 1.42 bits per heavy atom. The molecule has 0 aliphatic carbocycles. The van der Waals surface area contributed by atoms with Gasteiger partial charge in [0.1, 0.15) is 12.6 Å². The summed E-state index contributed by atoms with van der Waals surface area (Å²) in [5, 5.41) is 8.89. The molecule has 57 heavy (non-hydrogen) atoms. The van der Waals surface area contributed by atoms with E-state index in [1.807, 2.05) is 0 Å². The summed E-state index contributed by atoms with van der Waals surface area (Å²) in [6.07, 6.45) is 42.4. The highest BCUT2D eigenvalue weighted by molar-refractivity contribution is 7.47. The number of carbonyl (C=O) groups is 3. The van der Waals surface area contributed by atoms with E-state index in [9.17, 15) is 23.8 Å². The molecule has 0 aliphatic rings. The van der Waals surface area contributed by atoms with Crippen molar-refractivity contribution in [2.75, 3.05) is 19.8 Å². The zero-order valence-electron chi connectivity index (χ0n) is 36.2. The molecule has 0 heterocycles. The van der Waals surface area contributed by atoms with Crippen LogP contribution in [-0.2, 0) is 37.5 Å². The molecule has 0 aromatic carbocycles. The van der Waals surface area contributed by atoms with Crippen LogP contribution in [0.2, 0.25) is 0 Å². The molecule has 334 valence electrons. The number of carboxylic acid groups (broad SMARTS) is 1. The molecular weight excluding hydrogens is 745 g/mol. The van der Waals surface area contributed by atoms with Crippen molar-refractivity contribution in [1.29, 1.82) is 0 Å². The van der Waals surface area contributed by atoms with Crippen LogP contribution in [0.4, 0.5) is 0 Å². The van der Waals surface area contributed by atoms with E-state index < -0.39 is 51.1 Å². The van der Waals surface area contributed by atoms with E-state index in [-0.39, 0.29) is 19.4 Å². The Morgan fingerprint density at radius 2 is 0.947 bits per heavy atom. The maximum absolute atomic E-state index is 12.6. The number of carboxylic acids is 1. The Kier molecular flexibility index (Phi) is 39.3. The molecule has 0 aliphatic heterocycles. The first kappa shape index (κ1) is 55.0. The Morgan fingerprint density at radius 1 is 0.544 bits per heavy atom. The standard InChI is InChI=1S/C45H84NO10P/c1-3-5-7-9-11-13-15-17-19-20-21-22-23-25-26-28-30-32-34-36-43(47)53-38-41(39-54-57(51,52)55-40-42(46)45(49)50)56-44(48)37-35-33-31-29-27-24-18-16-14-12-10-8-6-4-2/h10,12,16,18,41-42H,3-9,11,13-15,17,19-40,46H2,1-2H3,(H,49,50)(H,51,52)/b12-10-,18-16-. The summed E-state index contributed by atoms with van der Waals surface area (Å²) in [6.45, 7) is 2.77. The Balaban J connectivity index is 4.29. The molecule has 3 unspecified atom stereocenters. The summed E-state index contributed by atoms with van der Waals surface area (Å²) in [6, 6.07) is -1.52. The predicted octanol–water partition coefficient (Wildman–Crippen LogP) is 12.2. The molecule has 4 N–H and O–H groups in total. The van der Waals surface area contributed by atoms with Crippen LogP contribution in [0, 0.1) is 0 Å². The summed E-state index contributed by atoms with van der Waals surface area (Å²) in [5.41, 5.74) is 5.33. The first-order valence-corrected chi connectivity index (χ1v) is 24.4. The molecule has 0 rings (SSSR count). The van der Waals surface area contributed by atoms with E-state index in [1.165, 1.54) is 109 Å². The van der Waals surface area contributed by atoms with Crippen molar-refractivity contribution in [3.05, 3.63) is 24.3 Å². The van der Waals surface area contributed by atoms with Crippen molar-refractivity contribution in [2.45, 2.75) is 225 Å². The number of unbranched alkanes of at least 4 members (excludes halogenated alkanes) is 25. The van der Waals surface area contributed by atoms with Gasteiger partial charge in [0.15, 0.2) is 6.10 Å². The molecular formula is C45H84NO10P. The average molecular weight is 830 g/mol. The number of hydrogen-bond acceptors (Lipinski definition) is 9. The molecule has 0 amide bonds. The monoisotopic (exact) mass is 830 g/mol. The molecule has 0 saturated carbocycles. The van der Waals surface area contributed by atoms with Gasteiger partial charge in [-0.25, -0.2) is 4.57 Å². The number of phosphoric ester groups is 1. The maximum atomic E-state index is 12.6. The highest BCUT2D eigenvalue weighted by Gasteiger charge is 2.28. The van der Waals surface area contributed by atoms with Crippen LogP contribution in [0.3, 0.4) is 0 Å². The van der Waals surface area contributed by atoms with Crippen LogP contribution in [-0.4, -0.2) is 59.9 Å². The van der Waals surface area contributed by atoms with Crippen molar-refractivity contribution < 1.29 is 47.5 Å². The van der Waals surface area contributed by atoms with Crippen molar-refractivity contribution in [3.8, 4) is 0 Å². The van der Waals surface area contributed by atoms with Crippen LogP contribution in [0.5, 0.6) is 0 Å². The quantitative estimate of drug-likeness (QED) is 0.0231. The van der Waals surface area contributed by atoms with Gasteiger partial charge in [-0.2, -0.15) is 0 Å². The van der Waals surface area contributed by atoms with Crippen LogP contribution >= 0.6 is 7.82 Å². The number of nitrogens with two attached hydrogens (primary N) is 1. The highest BCUT2D eigenvalue weighted by Crippen LogP contribution is 2.43. The fraction of sp³-hybridized carbons (Fsp3) is 0.844. The summed E-state index contributed by atoms with van der Waals surface area (Å²) < 4.78 is 32.7. The van der Waals surface area contributed by atoms with Gasteiger partial charge in [-0.05, 0) is 38.5 Å². The zero-order chi connectivity index (χ0) is 42.1. The number of phosphoric acid groups is 1. The van der Waals surface area contributed by atoms with E-state index in [0.29, 0.717) is 12.8 Å². The lowest BCUT2D eigenvalue weighted by Gasteiger charge is -2.20. The van der Waals surface area contributed by atoms with Crippen molar-refractivity contribution >= 4 is 25.7 Å². The van der Waals surface area contributed by atoms with Gasteiger partial charge < -0.3 is 25.2 Å². The summed E-state index contributed by atoms with van der Waals surface area (Å²) in [7, 11) is -4.72. The van der Waals surface area contributed by atoms with Crippen molar-refractivity contribution in [1.82, 2.24) is 0 Å². The average Bonchev–Trinajstić information content (AvgIpc) is 3.19. The van der Waals surface area contributed by atoms with Crippen molar-refractivity contribution in [3.63, 3.8) is 0 Å². The second-order valence-corrected chi connectivity index (χ2v) is 17.0. The molecule has 0 fully saturated rings. The van der Waals surface area contributed by atoms with E-state index in [1.54, 1.807) is 0 Å². The second-order valence-electron chi connectivity index (χ2n) is 15.5. The minimum absolute atomic E-state index is 0.148. The molecule has 12 heteroatoms. The molecule has 0 saturated heterocycles. The van der Waals surface area contributed by atoms with Gasteiger partial charge in [0.05, 0.1) is 13.2 Å². The zero-order valence-corrected chi connectivity index (χ0v) is 37.1. The smallest absolute Gasteiger partial charge is 0.472 e. The SMILES string of the molecule is CCCC/C=C\C/C=C\CCCCCCCC(=O)OC(COC(=O)CCCCCCCCCCCCCCCCCCCCC)COP(=O)(O)OCC(N)C(=O)O. The molecule has 0 bridgehead atoms. The van der Waals surface area contributed by atoms with E-state index in [0.717, 1.165) is 64.2 Å². The lowest BCUT2D eigenvalue weighted by molar-refractivity contribution is -0.161. The third kappa shape index (κ3) is 40.5. The first-order valence-electron chi connectivity index (χ1n) is 22.9. The van der Waals surface area contributed by atoms with E-state index >= 15 is 0 Å². The maximum Gasteiger partial charge on any atom is 0.472 e. The molecule has 11 nitrogen and oxygen atoms in total. The van der Waals surface area contributed by atoms with Crippen LogP contribution in [0.25, 0.3) is 0 Å². The number of esters is 2. The van der Waals surface area contributed by atoms with Gasteiger partial charge in [-0.15, -0.1) is 0 Å². The van der Waals surface area contributed by atoms with Gasteiger partial charge >= 0.3 is 25.7 Å². The van der Waals surface area contributed by atoms with E-state index in [2.05, 4.69) is 42.7 Å². The van der Waals surface area contributed by atoms with Gasteiger partial charge in [0.2, 0.25) is 0 Å². The molecule has 0 aromatic heterocycles. The van der Waals surface area contributed by atoms with Gasteiger partial charge in [0, 0.05) is 12.8 Å². The topological polar surface area (TPSA) is 172 Å². The Hall–Kier alpha value is -2.04. The lowest BCUT2D eigenvalue weighted by atomic mass is 10.0. The van der Waals surface area contributed by atoms with Gasteiger partial charge in [-0.1, -0.05) is 186 Å². The normalized spacial score (nSPS) is 13.9. The third-order valence-corrected chi connectivity index (χ3v) is 10.9.